The van der Waals surface area contributed by atoms with E-state index >= 15 is 0 Å². The molecule has 0 bridgehead atoms. The number of amides is 1. The van der Waals surface area contributed by atoms with E-state index in [1.807, 2.05) is 36.4 Å². The molecule has 1 aromatic carbocycles. The van der Waals surface area contributed by atoms with Gasteiger partial charge in [0.2, 0.25) is 0 Å². The Morgan fingerprint density at radius 2 is 2.04 bits per heavy atom. The third kappa shape index (κ3) is 6.10. The maximum absolute atomic E-state index is 12.0. The zero-order valence-corrected chi connectivity index (χ0v) is 13.1. The van der Waals surface area contributed by atoms with Gasteiger partial charge >= 0.3 is 0 Å². The van der Waals surface area contributed by atoms with Crippen LogP contribution in [0.15, 0.2) is 42.1 Å². The van der Waals surface area contributed by atoms with Gasteiger partial charge in [-0.2, -0.15) is 5.26 Å². The summed E-state index contributed by atoms with van der Waals surface area (Å²) in [6, 6.07) is 11.5. The molecule has 0 unspecified atom stereocenters. The minimum Gasteiger partial charge on any atom is -0.388 e. The molecule has 2 N–H and O–H groups in total. The number of nitrogens with one attached hydrogen (secondary N) is 2. The SMILES string of the molecule is N#C/C(=C/NCCN1CCOCC1)C(=O)NCc1ccccc1. The van der Waals surface area contributed by atoms with Gasteiger partial charge in [-0.25, -0.2) is 0 Å². The number of morpholine rings is 1. The van der Waals surface area contributed by atoms with Crippen LogP contribution in [0.2, 0.25) is 0 Å². The average molecular weight is 314 g/mol. The van der Waals surface area contributed by atoms with Crippen LogP contribution in [0.4, 0.5) is 0 Å². The minimum atomic E-state index is -0.366. The van der Waals surface area contributed by atoms with Gasteiger partial charge in [-0.15, -0.1) is 0 Å². The molecule has 1 aromatic rings. The molecule has 0 atom stereocenters. The maximum atomic E-state index is 12.0. The molecular formula is C17H22N4O2. The highest BCUT2D eigenvalue weighted by atomic mass is 16.5. The number of hydrogen-bond acceptors (Lipinski definition) is 5. The Kier molecular flexibility index (Phi) is 7.11. The predicted octanol–water partition coefficient (Wildman–Crippen LogP) is 0.632. The fourth-order valence-electron chi connectivity index (χ4n) is 2.24. The van der Waals surface area contributed by atoms with Gasteiger partial charge in [0, 0.05) is 38.9 Å². The second kappa shape index (κ2) is 9.62. The van der Waals surface area contributed by atoms with Crippen LogP contribution < -0.4 is 10.6 Å². The first-order valence-corrected chi connectivity index (χ1v) is 7.75. The van der Waals surface area contributed by atoms with Gasteiger partial charge < -0.3 is 15.4 Å². The summed E-state index contributed by atoms with van der Waals surface area (Å²) in [5.74, 6) is -0.366. The molecule has 1 heterocycles. The van der Waals surface area contributed by atoms with Gasteiger partial charge in [0.1, 0.15) is 11.6 Å². The van der Waals surface area contributed by atoms with Crippen molar-refractivity contribution in [2.45, 2.75) is 6.54 Å². The molecule has 0 spiro atoms. The first-order valence-electron chi connectivity index (χ1n) is 7.75. The van der Waals surface area contributed by atoms with Crippen molar-refractivity contribution in [2.75, 3.05) is 39.4 Å². The van der Waals surface area contributed by atoms with Crippen LogP contribution in [0.1, 0.15) is 5.56 Å². The molecule has 0 aromatic heterocycles. The van der Waals surface area contributed by atoms with E-state index in [0.29, 0.717) is 13.1 Å². The summed E-state index contributed by atoms with van der Waals surface area (Å²) in [6.45, 7) is 5.35. The van der Waals surface area contributed by atoms with Gasteiger partial charge in [-0.3, -0.25) is 9.69 Å². The maximum Gasteiger partial charge on any atom is 0.263 e. The Morgan fingerprint density at radius 3 is 2.74 bits per heavy atom. The van der Waals surface area contributed by atoms with Crippen LogP contribution in [0.3, 0.4) is 0 Å². The highest BCUT2D eigenvalue weighted by molar-refractivity contribution is 5.97. The van der Waals surface area contributed by atoms with E-state index in [1.54, 1.807) is 0 Å². The quantitative estimate of drug-likeness (QED) is 0.438. The molecule has 1 fully saturated rings. The van der Waals surface area contributed by atoms with Gasteiger partial charge in [-0.1, -0.05) is 30.3 Å². The fourth-order valence-corrected chi connectivity index (χ4v) is 2.24. The van der Waals surface area contributed by atoms with Crippen LogP contribution in [-0.2, 0) is 16.1 Å². The number of benzene rings is 1. The Morgan fingerprint density at radius 1 is 1.30 bits per heavy atom. The lowest BCUT2D eigenvalue weighted by Crippen LogP contribution is -2.39. The second-order valence-electron chi connectivity index (χ2n) is 5.25. The zero-order chi connectivity index (χ0) is 16.3. The minimum absolute atomic E-state index is 0.0860. The summed E-state index contributed by atoms with van der Waals surface area (Å²) in [7, 11) is 0. The van der Waals surface area contributed by atoms with E-state index in [1.165, 1.54) is 6.20 Å². The number of hydrogen-bond donors (Lipinski definition) is 2. The second-order valence-corrected chi connectivity index (χ2v) is 5.25. The summed E-state index contributed by atoms with van der Waals surface area (Å²) >= 11 is 0. The zero-order valence-electron chi connectivity index (χ0n) is 13.1. The molecule has 23 heavy (non-hydrogen) atoms. The summed E-state index contributed by atoms with van der Waals surface area (Å²) in [6.07, 6.45) is 1.49. The summed E-state index contributed by atoms with van der Waals surface area (Å²) in [5, 5.41) is 14.9. The number of nitrogens with zero attached hydrogens (tertiary/aromatic N) is 2. The van der Waals surface area contributed by atoms with Crippen LogP contribution in [0.5, 0.6) is 0 Å². The number of carbonyl (C=O) groups is 1. The van der Waals surface area contributed by atoms with Crippen molar-refractivity contribution in [1.29, 1.82) is 5.26 Å². The molecule has 1 aliphatic heterocycles. The normalized spacial score (nSPS) is 15.7. The summed E-state index contributed by atoms with van der Waals surface area (Å²) in [5.41, 5.74) is 1.08. The first kappa shape index (κ1) is 17.0. The van der Waals surface area contributed by atoms with Gasteiger partial charge in [0.15, 0.2) is 0 Å². The average Bonchev–Trinajstić information content (AvgIpc) is 2.61. The molecule has 0 aliphatic carbocycles. The van der Waals surface area contributed by atoms with Crippen molar-refractivity contribution in [2.24, 2.45) is 0 Å². The van der Waals surface area contributed by atoms with Gasteiger partial charge in [0.25, 0.3) is 5.91 Å². The van der Waals surface area contributed by atoms with Crippen molar-refractivity contribution >= 4 is 5.91 Å². The lowest BCUT2D eigenvalue weighted by molar-refractivity contribution is -0.117. The predicted molar refractivity (Wildman–Crippen MR) is 87.2 cm³/mol. The Hall–Kier alpha value is -2.36. The molecule has 6 heteroatoms. The number of nitriles is 1. The molecule has 0 radical (unpaired) electrons. The highest BCUT2D eigenvalue weighted by Gasteiger charge is 2.10. The smallest absolute Gasteiger partial charge is 0.263 e. The Labute approximate surface area is 136 Å². The molecule has 0 saturated carbocycles. The van der Waals surface area contributed by atoms with Gasteiger partial charge in [0.05, 0.1) is 13.2 Å². The Bertz CT molecular complexity index is 560. The molecule has 2 rings (SSSR count). The van der Waals surface area contributed by atoms with E-state index in [-0.39, 0.29) is 11.5 Å². The van der Waals surface area contributed by atoms with Crippen molar-refractivity contribution in [3.8, 4) is 6.07 Å². The third-order valence-corrected chi connectivity index (χ3v) is 3.58. The van der Waals surface area contributed by atoms with Crippen LogP contribution in [-0.4, -0.2) is 50.2 Å². The van der Waals surface area contributed by atoms with Crippen molar-refractivity contribution < 1.29 is 9.53 Å². The fraction of sp³-hybridized carbons (Fsp3) is 0.412. The highest BCUT2D eigenvalue weighted by Crippen LogP contribution is 1.99. The van der Waals surface area contributed by atoms with E-state index in [4.69, 9.17) is 10.00 Å². The molecule has 122 valence electrons. The van der Waals surface area contributed by atoms with Crippen LogP contribution in [0, 0.1) is 11.3 Å². The molecule has 1 amide bonds. The van der Waals surface area contributed by atoms with Crippen LogP contribution in [0.25, 0.3) is 0 Å². The van der Waals surface area contributed by atoms with Gasteiger partial charge in [-0.05, 0) is 5.56 Å². The van der Waals surface area contributed by atoms with Crippen LogP contribution >= 0.6 is 0 Å². The third-order valence-electron chi connectivity index (χ3n) is 3.58. The number of ether oxygens (including phenoxy) is 1. The standard InChI is InChI=1S/C17H22N4O2/c18-12-16(14-19-6-7-21-8-10-23-11-9-21)17(22)20-13-15-4-2-1-3-5-15/h1-5,14,19H,6-11,13H2,(H,20,22)/b16-14-. The van der Waals surface area contributed by atoms with E-state index in [9.17, 15) is 4.79 Å². The van der Waals surface area contributed by atoms with E-state index in [2.05, 4.69) is 15.5 Å². The molecule has 1 saturated heterocycles. The Balaban J connectivity index is 1.72. The van der Waals surface area contributed by atoms with E-state index in [0.717, 1.165) is 38.4 Å². The number of rotatable bonds is 7. The topological polar surface area (TPSA) is 77.4 Å². The van der Waals surface area contributed by atoms with E-state index < -0.39 is 0 Å². The lowest BCUT2D eigenvalue weighted by Gasteiger charge is -2.26. The first-order chi connectivity index (χ1) is 11.3. The lowest BCUT2D eigenvalue weighted by atomic mass is 10.2. The van der Waals surface area contributed by atoms with Crippen molar-refractivity contribution in [3.63, 3.8) is 0 Å². The largest absolute Gasteiger partial charge is 0.388 e. The molecule has 6 nitrogen and oxygen atoms in total. The monoisotopic (exact) mass is 314 g/mol. The summed E-state index contributed by atoms with van der Waals surface area (Å²) in [4.78, 5) is 14.3. The molecule has 1 aliphatic rings. The molecular weight excluding hydrogens is 292 g/mol. The van der Waals surface area contributed by atoms with Crippen molar-refractivity contribution in [3.05, 3.63) is 47.7 Å². The van der Waals surface area contributed by atoms with Crippen molar-refractivity contribution in [1.82, 2.24) is 15.5 Å². The number of carbonyl (C=O) groups excluding carboxylic acids is 1. The summed E-state index contributed by atoms with van der Waals surface area (Å²) < 4.78 is 5.29.